The van der Waals surface area contributed by atoms with Gasteiger partial charge in [-0.3, -0.25) is 4.79 Å². The van der Waals surface area contributed by atoms with Crippen molar-refractivity contribution in [2.75, 3.05) is 5.32 Å². The topological polar surface area (TPSA) is 75.6 Å². The van der Waals surface area contributed by atoms with Crippen LogP contribution in [0.15, 0.2) is 27.9 Å². The van der Waals surface area contributed by atoms with E-state index in [-0.39, 0.29) is 10.5 Å². The van der Waals surface area contributed by atoms with E-state index in [1.165, 1.54) is 0 Å². The van der Waals surface area contributed by atoms with Crippen LogP contribution in [0, 0.1) is 0 Å². The number of alkyl halides is 3. The van der Waals surface area contributed by atoms with Crippen molar-refractivity contribution in [2.45, 2.75) is 25.7 Å². The number of halogens is 4. The van der Waals surface area contributed by atoms with Crippen molar-refractivity contribution < 1.29 is 13.2 Å². The molecule has 0 aliphatic heterocycles. The molecule has 114 valence electrons. The summed E-state index contributed by atoms with van der Waals surface area (Å²) in [5, 5.41) is 6.47. The molecule has 0 fully saturated rings. The first-order chi connectivity index (χ1) is 9.78. The van der Waals surface area contributed by atoms with Gasteiger partial charge in [0.2, 0.25) is 0 Å². The highest BCUT2D eigenvalue weighted by Crippen LogP contribution is 2.22. The summed E-state index contributed by atoms with van der Waals surface area (Å²) in [6.07, 6.45) is -0.131. The van der Waals surface area contributed by atoms with Gasteiger partial charge in [0.1, 0.15) is 16.8 Å². The van der Waals surface area contributed by atoms with E-state index in [9.17, 15) is 18.0 Å². The Morgan fingerprint density at radius 2 is 2.24 bits per heavy atom. The lowest BCUT2D eigenvalue weighted by Crippen LogP contribution is -2.31. The average Bonchev–Trinajstić information content (AvgIpc) is 2.91. The van der Waals surface area contributed by atoms with Crippen molar-refractivity contribution in [1.29, 1.82) is 0 Å². The molecule has 2 heterocycles. The third kappa shape index (κ3) is 3.84. The van der Waals surface area contributed by atoms with Crippen LogP contribution in [0.3, 0.4) is 0 Å². The molecule has 10 heteroatoms. The molecule has 2 N–H and O–H groups in total. The van der Waals surface area contributed by atoms with Crippen LogP contribution in [0.5, 0.6) is 0 Å². The predicted molar refractivity (Wildman–Crippen MR) is 72.9 cm³/mol. The molecule has 0 aliphatic rings. The van der Waals surface area contributed by atoms with E-state index in [0.717, 1.165) is 6.20 Å². The van der Waals surface area contributed by atoms with Gasteiger partial charge in [0, 0.05) is 12.4 Å². The number of nitrogens with zero attached hydrogens (tertiary/aromatic N) is 3. The molecule has 2 rings (SSSR count). The molecule has 0 radical (unpaired) electrons. The van der Waals surface area contributed by atoms with Crippen LogP contribution in [0.4, 0.5) is 18.9 Å². The van der Waals surface area contributed by atoms with E-state index in [0.29, 0.717) is 16.2 Å². The predicted octanol–water partition coefficient (Wildman–Crippen LogP) is 2.46. The first-order valence-electron chi connectivity index (χ1n) is 5.86. The average molecular weight is 366 g/mol. The minimum atomic E-state index is -4.51. The standard InChI is InChI=1S/C11H11BrF3N5O/c1-6(9-16-2-3-17-9)19-7-4-18-20(5-11(13,14)15)10(21)8(7)12/h2-4,6,19H,5H2,1H3,(H,16,17). The van der Waals surface area contributed by atoms with Crippen molar-refractivity contribution in [1.82, 2.24) is 19.7 Å². The number of nitrogens with one attached hydrogen (secondary N) is 2. The monoisotopic (exact) mass is 365 g/mol. The number of hydrogen-bond acceptors (Lipinski definition) is 4. The second-order valence-corrected chi connectivity index (χ2v) is 5.08. The fourth-order valence-corrected chi connectivity index (χ4v) is 2.09. The first-order valence-corrected chi connectivity index (χ1v) is 6.65. The van der Waals surface area contributed by atoms with Crippen LogP contribution in [-0.2, 0) is 6.54 Å². The minimum absolute atomic E-state index is 0.0137. The summed E-state index contributed by atoms with van der Waals surface area (Å²) in [6, 6.07) is -0.268. The highest BCUT2D eigenvalue weighted by Gasteiger charge is 2.29. The lowest BCUT2D eigenvalue weighted by atomic mass is 10.3. The molecule has 6 nitrogen and oxygen atoms in total. The zero-order valence-electron chi connectivity index (χ0n) is 10.8. The molecule has 0 bridgehead atoms. The van der Waals surface area contributed by atoms with E-state index in [1.54, 1.807) is 19.3 Å². The van der Waals surface area contributed by atoms with Gasteiger partial charge >= 0.3 is 6.18 Å². The number of aromatic nitrogens is 4. The third-order valence-corrected chi connectivity index (χ3v) is 3.38. The SMILES string of the molecule is CC(Nc1cnn(CC(F)(F)F)c(=O)c1Br)c1ncc[nH]1. The molecular weight excluding hydrogens is 355 g/mol. The van der Waals surface area contributed by atoms with E-state index in [4.69, 9.17) is 0 Å². The summed E-state index contributed by atoms with van der Waals surface area (Å²) in [5.74, 6) is 0.626. The summed E-state index contributed by atoms with van der Waals surface area (Å²) in [4.78, 5) is 18.8. The number of H-pyrrole nitrogens is 1. The second-order valence-electron chi connectivity index (χ2n) is 4.29. The van der Waals surface area contributed by atoms with E-state index in [2.05, 4.69) is 36.3 Å². The van der Waals surface area contributed by atoms with Gasteiger partial charge in [-0.15, -0.1) is 0 Å². The molecule has 0 amide bonds. The van der Waals surface area contributed by atoms with Crippen molar-refractivity contribution in [3.05, 3.63) is 39.2 Å². The number of aromatic amines is 1. The smallest absolute Gasteiger partial charge is 0.373 e. The second kappa shape index (κ2) is 5.88. The summed E-state index contributed by atoms with van der Waals surface area (Å²) in [6.45, 7) is 0.352. The molecule has 1 atom stereocenters. The van der Waals surface area contributed by atoms with Crippen LogP contribution < -0.4 is 10.9 Å². The Hall–Kier alpha value is -1.84. The number of hydrogen-bond donors (Lipinski definition) is 2. The zero-order chi connectivity index (χ0) is 15.6. The fourth-order valence-electron chi connectivity index (χ4n) is 1.66. The summed E-state index contributed by atoms with van der Waals surface area (Å²) >= 11 is 3.00. The molecule has 21 heavy (non-hydrogen) atoms. The zero-order valence-corrected chi connectivity index (χ0v) is 12.4. The van der Waals surface area contributed by atoms with Gasteiger partial charge in [0.25, 0.3) is 5.56 Å². The number of anilines is 1. The molecule has 2 aromatic rings. The van der Waals surface area contributed by atoms with E-state index >= 15 is 0 Å². The molecule has 0 aliphatic carbocycles. The third-order valence-electron chi connectivity index (χ3n) is 2.62. The van der Waals surface area contributed by atoms with Crippen LogP contribution in [0.25, 0.3) is 0 Å². The van der Waals surface area contributed by atoms with Gasteiger partial charge in [-0.25, -0.2) is 9.67 Å². The van der Waals surface area contributed by atoms with Gasteiger partial charge in [0.05, 0.1) is 17.9 Å². The Kier molecular flexibility index (Phi) is 4.35. The van der Waals surface area contributed by atoms with E-state index < -0.39 is 18.3 Å². The van der Waals surface area contributed by atoms with Crippen LogP contribution in [0.1, 0.15) is 18.8 Å². The highest BCUT2D eigenvalue weighted by atomic mass is 79.9. The van der Waals surface area contributed by atoms with Crippen molar-refractivity contribution in [3.8, 4) is 0 Å². The van der Waals surface area contributed by atoms with Gasteiger partial charge in [-0.2, -0.15) is 18.3 Å². The highest BCUT2D eigenvalue weighted by molar-refractivity contribution is 9.10. The Bertz CT molecular complexity index is 667. The molecule has 0 spiro atoms. The van der Waals surface area contributed by atoms with Crippen molar-refractivity contribution in [3.63, 3.8) is 0 Å². The molecule has 1 unspecified atom stereocenters. The Morgan fingerprint density at radius 3 is 2.81 bits per heavy atom. The Labute approximate surface area is 125 Å². The maximum Gasteiger partial charge on any atom is 0.408 e. The first kappa shape index (κ1) is 15.5. The lowest BCUT2D eigenvalue weighted by Gasteiger charge is -2.15. The van der Waals surface area contributed by atoms with Gasteiger partial charge in [-0.05, 0) is 22.9 Å². The van der Waals surface area contributed by atoms with Gasteiger partial charge < -0.3 is 10.3 Å². The molecule has 0 saturated heterocycles. The summed E-state index contributed by atoms with van der Waals surface area (Å²) < 4.78 is 37.3. The number of rotatable bonds is 4. The summed E-state index contributed by atoms with van der Waals surface area (Å²) in [7, 11) is 0. The normalized spacial score (nSPS) is 13.2. The van der Waals surface area contributed by atoms with Gasteiger partial charge in [-0.1, -0.05) is 0 Å². The number of imidazole rings is 1. The Balaban J connectivity index is 2.23. The van der Waals surface area contributed by atoms with Gasteiger partial charge in [0.15, 0.2) is 0 Å². The van der Waals surface area contributed by atoms with Crippen molar-refractivity contribution >= 4 is 21.6 Å². The quantitative estimate of drug-likeness (QED) is 0.872. The van der Waals surface area contributed by atoms with E-state index in [1.807, 2.05) is 0 Å². The maximum atomic E-state index is 12.3. The Morgan fingerprint density at radius 1 is 1.52 bits per heavy atom. The van der Waals surface area contributed by atoms with Crippen LogP contribution >= 0.6 is 15.9 Å². The van der Waals surface area contributed by atoms with Crippen LogP contribution in [0.2, 0.25) is 0 Å². The largest absolute Gasteiger partial charge is 0.408 e. The molecule has 0 saturated carbocycles. The summed E-state index contributed by atoms with van der Waals surface area (Å²) in [5.41, 5.74) is -0.564. The lowest BCUT2D eigenvalue weighted by molar-refractivity contribution is -0.143. The minimum Gasteiger partial charge on any atom is -0.373 e. The molecule has 0 aromatic carbocycles. The van der Waals surface area contributed by atoms with Crippen molar-refractivity contribution in [2.24, 2.45) is 0 Å². The fraction of sp³-hybridized carbons (Fsp3) is 0.364. The molecular formula is C11H11BrF3N5O. The van der Waals surface area contributed by atoms with Crippen LogP contribution in [-0.4, -0.2) is 25.9 Å². The maximum absolute atomic E-state index is 12.3. The molecule has 2 aromatic heterocycles.